The maximum absolute atomic E-state index is 10.9. The van der Waals surface area contributed by atoms with Crippen LogP contribution in [0.5, 0.6) is 5.75 Å². The Kier molecular flexibility index (Phi) is 1.33. The topological polar surface area (TPSA) is 26.3 Å². The summed E-state index contributed by atoms with van der Waals surface area (Å²) < 4.78 is 16.0. The molecule has 0 aromatic heterocycles. The summed E-state index contributed by atoms with van der Waals surface area (Å²) in [5.41, 5.74) is 1.09. The van der Waals surface area contributed by atoms with Gasteiger partial charge in [0.05, 0.1) is 0 Å². The first-order valence-corrected chi connectivity index (χ1v) is 5.62. The summed E-state index contributed by atoms with van der Waals surface area (Å²) in [5, 5.41) is 0.635. The van der Waals surface area contributed by atoms with Crippen molar-refractivity contribution in [1.82, 2.24) is 0 Å². The van der Waals surface area contributed by atoms with Gasteiger partial charge in [0.25, 0.3) is 0 Å². The Morgan fingerprint density at radius 2 is 2.20 bits per heavy atom. The van der Waals surface area contributed by atoms with Crippen LogP contribution in [-0.4, -0.2) is 14.2 Å². The number of hydrogen-bond acceptors (Lipinski definition) is 2. The molecule has 0 saturated carbocycles. The molecule has 1 aliphatic rings. The van der Waals surface area contributed by atoms with Crippen molar-refractivity contribution < 1.29 is 7.65 Å². The Bertz CT molecular complexity index is 256. The molecule has 52 valence electrons. The van der Waals surface area contributed by atoms with Crippen LogP contribution in [0.1, 0.15) is 5.56 Å². The third-order valence-corrected chi connectivity index (χ3v) is 3.34. The van der Waals surface area contributed by atoms with Gasteiger partial charge in [-0.15, -0.1) is 0 Å². The molecule has 0 radical (unpaired) electrons. The van der Waals surface area contributed by atoms with E-state index in [1.807, 2.05) is 24.3 Å². The van der Waals surface area contributed by atoms with Crippen LogP contribution in [0.25, 0.3) is 0 Å². The number of hydrogen-bond donors (Lipinski definition) is 0. The van der Waals surface area contributed by atoms with E-state index in [4.69, 9.17) is 3.82 Å². The van der Waals surface area contributed by atoms with E-state index in [1.54, 1.807) is 0 Å². The molecule has 0 N–H and O–H groups in total. The summed E-state index contributed by atoms with van der Waals surface area (Å²) >= 11 is -1.97. The van der Waals surface area contributed by atoms with Gasteiger partial charge in [-0.2, -0.15) is 0 Å². The first-order valence-electron chi connectivity index (χ1n) is 3.01. The zero-order chi connectivity index (χ0) is 6.97. The molecule has 3 heteroatoms. The Morgan fingerprint density at radius 1 is 1.40 bits per heavy atom. The van der Waals surface area contributed by atoms with Crippen LogP contribution in [0.2, 0.25) is 0 Å². The minimum absolute atomic E-state index is 0.635. The van der Waals surface area contributed by atoms with Gasteiger partial charge in [0.15, 0.2) is 0 Å². The summed E-state index contributed by atoms with van der Waals surface area (Å²) in [6.07, 6.45) is 0. The summed E-state index contributed by atoms with van der Waals surface area (Å²) in [4.78, 5) is 0. The molecular weight excluding hydrogens is 195 g/mol. The number of rotatable bonds is 0. The fourth-order valence-electron chi connectivity index (χ4n) is 0.961. The molecule has 2 rings (SSSR count). The Labute approximate surface area is 63.2 Å². The third-order valence-electron chi connectivity index (χ3n) is 1.43. The molecule has 0 bridgehead atoms. The average Bonchev–Trinajstić information content (AvgIpc) is 2.27. The van der Waals surface area contributed by atoms with Gasteiger partial charge in [0, 0.05) is 0 Å². The predicted molar refractivity (Wildman–Crippen MR) is 37.2 cm³/mol. The Hall–Kier alpha value is -0.661. The minimum atomic E-state index is -1.97. The standard InChI is InChI=1S/C7H6O2Se/c8-10-5-6-3-1-2-4-7(6)9-10/h1-4H,5H2. The van der Waals surface area contributed by atoms with Gasteiger partial charge in [-0.25, -0.2) is 0 Å². The normalized spacial score (nSPS) is 21.8. The number of benzene rings is 1. The Morgan fingerprint density at radius 3 is 3.00 bits per heavy atom. The SMILES string of the molecule is O=[Se]1Cc2ccccc2O1. The zero-order valence-electron chi connectivity index (χ0n) is 5.24. The molecule has 0 fully saturated rings. The summed E-state index contributed by atoms with van der Waals surface area (Å²) in [7, 11) is 0. The van der Waals surface area contributed by atoms with Crippen molar-refractivity contribution in [3.05, 3.63) is 29.8 Å². The van der Waals surface area contributed by atoms with Crippen LogP contribution in [0, 0.1) is 0 Å². The maximum atomic E-state index is 10.9. The van der Waals surface area contributed by atoms with Gasteiger partial charge in [0.2, 0.25) is 0 Å². The van der Waals surface area contributed by atoms with E-state index in [-0.39, 0.29) is 0 Å². The number of fused-ring (bicyclic) bond motifs is 1. The number of para-hydroxylation sites is 1. The van der Waals surface area contributed by atoms with E-state index in [1.165, 1.54) is 0 Å². The van der Waals surface area contributed by atoms with Crippen molar-refractivity contribution in [3.63, 3.8) is 0 Å². The van der Waals surface area contributed by atoms with Crippen molar-refractivity contribution >= 4 is 14.2 Å². The molecule has 10 heavy (non-hydrogen) atoms. The van der Waals surface area contributed by atoms with Crippen LogP contribution in [0.4, 0.5) is 0 Å². The van der Waals surface area contributed by atoms with E-state index in [0.29, 0.717) is 5.32 Å². The first kappa shape index (κ1) is 6.08. The van der Waals surface area contributed by atoms with Crippen molar-refractivity contribution in [3.8, 4) is 5.75 Å². The first-order chi connectivity index (χ1) is 4.86. The molecule has 0 spiro atoms. The van der Waals surface area contributed by atoms with E-state index < -0.39 is 14.2 Å². The zero-order valence-corrected chi connectivity index (χ0v) is 6.95. The third kappa shape index (κ3) is 0.877. The molecular formula is C7H6O2Se. The summed E-state index contributed by atoms with van der Waals surface area (Å²) in [5.74, 6) is 0.808. The van der Waals surface area contributed by atoms with Crippen molar-refractivity contribution in [2.24, 2.45) is 0 Å². The fourth-order valence-corrected chi connectivity index (χ4v) is 2.88. The molecule has 1 atom stereocenters. The summed E-state index contributed by atoms with van der Waals surface area (Å²) in [6.45, 7) is 0. The van der Waals surface area contributed by atoms with E-state index in [2.05, 4.69) is 0 Å². The van der Waals surface area contributed by atoms with Gasteiger partial charge in [-0.1, -0.05) is 0 Å². The molecule has 0 saturated heterocycles. The van der Waals surface area contributed by atoms with E-state index >= 15 is 0 Å². The second-order valence-corrected chi connectivity index (χ2v) is 4.37. The molecule has 0 aliphatic carbocycles. The van der Waals surface area contributed by atoms with Crippen LogP contribution >= 0.6 is 0 Å². The Balaban J connectivity index is 2.51. The van der Waals surface area contributed by atoms with Crippen LogP contribution in [-0.2, 0) is 9.15 Å². The van der Waals surface area contributed by atoms with Gasteiger partial charge < -0.3 is 0 Å². The van der Waals surface area contributed by atoms with Crippen molar-refractivity contribution in [2.45, 2.75) is 5.32 Å². The fraction of sp³-hybridized carbons (Fsp3) is 0.143. The van der Waals surface area contributed by atoms with E-state index in [0.717, 1.165) is 11.3 Å². The van der Waals surface area contributed by atoms with Gasteiger partial charge in [-0.05, 0) is 0 Å². The molecule has 2 nitrogen and oxygen atoms in total. The van der Waals surface area contributed by atoms with Gasteiger partial charge >= 0.3 is 62.7 Å². The second kappa shape index (κ2) is 2.18. The molecule has 1 aromatic carbocycles. The van der Waals surface area contributed by atoms with Crippen LogP contribution < -0.4 is 3.82 Å². The molecule has 0 amide bonds. The summed E-state index contributed by atoms with van der Waals surface area (Å²) in [6, 6.07) is 7.64. The predicted octanol–water partition coefficient (Wildman–Crippen LogP) is 1.08. The van der Waals surface area contributed by atoms with Crippen molar-refractivity contribution in [2.75, 3.05) is 0 Å². The van der Waals surface area contributed by atoms with Crippen molar-refractivity contribution in [1.29, 1.82) is 0 Å². The quantitative estimate of drug-likeness (QED) is 0.587. The van der Waals surface area contributed by atoms with Crippen LogP contribution in [0.15, 0.2) is 24.3 Å². The van der Waals surface area contributed by atoms with Crippen LogP contribution in [0.3, 0.4) is 0 Å². The molecule has 1 unspecified atom stereocenters. The average molecular weight is 201 g/mol. The monoisotopic (exact) mass is 202 g/mol. The van der Waals surface area contributed by atoms with Gasteiger partial charge in [0.1, 0.15) is 0 Å². The molecule has 1 aliphatic heterocycles. The second-order valence-electron chi connectivity index (χ2n) is 2.14. The molecule has 1 aromatic rings. The van der Waals surface area contributed by atoms with E-state index in [9.17, 15) is 3.83 Å². The van der Waals surface area contributed by atoms with Gasteiger partial charge in [-0.3, -0.25) is 0 Å². The molecule has 1 heterocycles.